The maximum atomic E-state index is 11.3. The molecule has 0 radical (unpaired) electrons. The van der Waals surface area contributed by atoms with Gasteiger partial charge >= 0.3 is 0 Å². The van der Waals surface area contributed by atoms with Gasteiger partial charge in [-0.3, -0.25) is 9.69 Å². The van der Waals surface area contributed by atoms with Gasteiger partial charge in [0.05, 0.1) is 0 Å². The summed E-state index contributed by atoms with van der Waals surface area (Å²) >= 11 is 0. The van der Waals surface area contributed by atoms with Crippen molar-refractivity contribution in [2.75, 3.05) is 32.7 Å². The van der Waals surface area contributed by atoms with E-state index < -0.39 is 0 Å². The Labute approximate surface area is 91.4 Å². The number of rotatable bonds is 2. The van der Waals surface area contributed by atoms with Gasteiger partial charge in [0.2, 0.25) is 5.91 Å². The number of nitrogens with one attached hydrogen (secondary N) is 2. The van der Waals surface area contributed by atoms with Crippen LogP contribution in [-0.4, -0.2) is 49.6 Å². The third-order valence-electron chi connectivity index (χ3n) is 3.69. The van der Waals surface area contributed by atoms with E-state index in [2.05, 4.69) is 22.5 Å². The zero-order valence-corrected chi connectivity index (χ0v) is 9.46. The van der Waals surface area contributed by atoms with E-state index in [0.29, 0.717) is 18.4 Å². The number of nitrogens with zero attached hydrogens (tertiary/aromatic N) is 1. The zero-order valence-electron chi connectivity index (χ0n) is 9.46. The normalized spacial score (nSPS) is 31.0. The Morgan fingerprint density at radius 1 is 1.33 bits per heavy atom. The highest BCUT2D eigenvalue weighted by molar-refractivity contribution is 5.76. The van der Waals surface area contributed by atoms with Crippen molar-refractivity contribution in [1.29, 1.82) is 0 Å². The maximum Gasteiger partial charge on any atom is 0.220 e. The van der Waals surface area contributed by atoms with Gasteiger partial charge < -0.3 is 10.6 Å². The predicted molar refractivity (Wildman–Crippen MR) is 59.6 cm³/mol. The van der Waals surface area contributed by atoms with Gasteiger partial charge in [0.15, 0.2) is 0 Å². The third kappa shape index (κ3) is 2.69. The van der Waals surface area contributed by atoms with Crippen LogP contribution in [0.4, 0.5) is 0 Å². The SMILES string of the molecule is CC(C1CCNC(=O)C1)N1CCNCC1. The zero-order chi connectivity index (χ0) is 10.7. The summed E-state index contributed by atoms with van der Waals surface area (Å²) in [6.07, 6.45) is 1.85. The van der Waals surface area contributed by atoms with Gasteiger partial charge in [-0.15, -0.1) is 0 Å². The summed E-state index contributed by atoms with van der Waals surface area (Å²) in [6.45, 7) is 7.56. The minimum atomic E-state index is 0.230. The van der Waals surface area contributed by atoms with Gasteiger partial charge in [-0.1, -0.05) is 0 Å². The largest absolute Gasteiger partial charge is 0.356 e. The number of hydrogen-bond donors (Lipinski definition) is 2. The van der Waals surface area contributed by atoms with Crippen LogP contribution in [-0.2, 0) is 4.79 Å². The summed E-state index contributed by atoms with van der Waals surface area (Å²) in [5.74, 6) is 0.782. The Hall–Kier alpha value is -0.610. The van der Waals surface area contributed by atoms with E-state index in [9.17, 15) is 4.79 Å². The first-order valence-electron chi connectivity index (χ1n) is 5.99. The highest BCUT2D eigenvalue weighted by atomic mass is 16.1. The van der Waals surface area contributed by atoms with E-state index in [4.69, 9.17) is 0 Å². The number of piperidine rings is 1. The van der Waals surface area contributed by atoms with Crippen molar-refractivity contribution in [3.05, 3.63) is 0 Å². The molecule has 2 saturated heterocycles. The molecule has 0 aromatic rings. The summed E-state index contributed by atoms with van der Waals surface area (Å²) in [5.41, 5.74) is 0. The van der Waals surface area contributed by atoms with Crippen LogP contribution >= 0.6 is 0 Å². The molecule has 0 aromatic carbocycles. The number of carbonyl (C=O) groups excluding carboxylic acids is 1. The number of carbonyl (C=O) groups is 1. The van der Waals surface area contributed by atoms with Gasteiger partial charge in [0.25, 0.3) is 0 Å². The lowest BCUT2D eigenvalue weighted by molar-refractivity contribution is -0.124. The summed E-state index contributed by atoms with van der Waals surface area (Å²) in [7, 11) is 0. The summed E-state index contributed by atoms with van der Waals surface area (Å²) < 4.78 is 0. The first kappa shape index (κ1) is 10.9. The van der Waals surface area contributed by atoms with E-state index in [0.717, 1.165) is 39.1 Å². The van der Waals surface area contributed by atoms with Crippen molar-refractivity contribution in [2.45, 2.75) is 25.8 Å². The number of amides is 1. The molecule has 0 aliphatic carbocycles. The summed E-state index contributed by atoms with van der Waals surface area (Å²) in [4.78, 5) is 13.8. The van der Waals surface area contributed by atoms with Crippen LogP contribution in [0.15, 0.2) is 0 Å². The Bertz CT molecular complexity index is 226. The minimum Gasteiger partial charge on any atom is -0.356 e. The van der Waals surface area contributed by atoms with Crippen molar-refractivity contribution in [3.8, 4) is 0 Å². The van der Waals surface area contributed by atoms with Crippen LogP contribution in [0.2, 0.25) is 0 Å². The molecule has 15 heavy (non-hydrogen) atoms. The van der Waals surface area contributed by atoms with Gasteiger partial charge in [-0.2, -0.15) is 0 Å². The van der Waals surface area contributed by atoms with E-state index >= 15 is 0 Å². The second-order valence-corrected chi connectivity index (χ2v) is 4.63. The first-order chi connectivity index (χ1) is 7.27. The van der Waals surface area contributed by atoms with Crippen molar-refractivity contribution in [3.63, 3.8) is 0 Å². The molecule has 0 bridgehead atoms. The summed E-state index contributed by atoms with van der Waals surface area (Å²) in [5, 5.41) is 6.26. The third-order valence-corrected chi connectivity index (χ3v) is 3.69. The topological polar surface area (TPSA) is 44.4 Å². The average molecular weight is 211 g/mol. The molecule has 2 heterocycles. The fourth-order valence-corrected chi connectivity index (χ4v) is 2.61. The Balaban J connectivity index is 1.87. The first-order valence-corrected chi connectivity index (χ1v) is 5.99. The molecule has 4 heteroatoms. The van der Waals surface area contributed by atoms with Gasteiger partial charge in [0, 0.05) is 45.2 Å². The fraction of sp³-hybridized carbons (Fsp3) is 0.909. The molecule has 2 rings (SSSR count). The van der Waals surface area contributed by atoms with E-state index in [1.807, 2.05) is 0 Å². The molecule has 1 amide bonds. The number of hydrogen-bond acceptors (Lipinski definition) is 3. The van der Waals surface area contributed by atoms with Crippen LogP contribution < -0.4 is 10.6 Å². The highest BCUT2D eigenvalue weighted by Gasteiger charge is 2.28. The van der Waals surface area contributed by atoms with Crippen molar-refractivity contribution < 1.29 is 4.79 Å². The summed E-state index contributed by atoms with van der Waals surface area (Å²) in [6, 6.07) is 0.554. The smallest absolute Gasteiger partial charge is 0.220 e. The molecule has 2 N–H and O–H groups in total. The molecule has 2 atom stereocenters. The molecule has 4 nitrogen and oxygen atoms in total. The van der Waals surface area contributed by atoms with Gasteiger partial charge in [0.1, 0.15) is 0 Å². The van der Waals surface area contributed by atoms with E-state index in [1.54, 1.807) is 0 Å². The highest BCUT2D eigenvalue weighted by Crippen LogP contribution is 2.21. The van der Waals surface area contributed by atoms with Crippen molar-refractivity contribution in [2.24, 2.45) is 5.92 Å². The number of piperazine rings is 1. The molecule has 2 aliphatic rings. The maximum absolute atomic E-state index is 11.3. The van der Waals surface area contributed by atoms with Crippen LogP contribution in [0, 0.1) is 5.92 Å². The second-order valence-electron chi connectivity index (χ2n) is 4.63. The predicted octanol–water partition coefficient (Wildman–Crippen LogP) is -0.194. The molecule has 2 aliphatic heterocycles. The van der Waals surface area contributed by atoms with Crippen LogP contribution in [0.5, 0.6) is 0 Å². The van der Waals surface area contributed by atoms with Crippen molar-refractivity contribution in [1.82, 2.24) is 15.5 Å². The Morgan fingerprint density at radius 2 is 2.07 bits per heavy atom. The second kappa shape index (κ2) is 4.94. The van der Waals surface area contributed by atoms with E-state index in [-0.39, 0.29) is 5.91 Å². The molecule has 2 unspecified atom stereocenters. The quantitative estimate of drug-likeness (QED) is 0.665. The lowest BCUT2D eigenvalue weighted by Crippen LogP contribution is -2.51. The molecule has 86 valence electrons. The average Bonchev–Trinajstić information content (AvgIpc) is 2.29. The van der Waals surface area contributed by atoms with Crippen LogP contribution in [0.1, 0.15) is 19.8 Å². The van der Waals surface area contributed by atoms with E-state index in [1.165, 1.54) is 0 Å². The molecule has 0 spiro atoms. The Morgan fingerprint density at radius 3 is 2.73 bits per heavy atom. The van der Waals surface area contributed by atoms with Crippen molar-refractivity contribution >= 4 is 5.91 Å². The molecular weight excluding hydrogens is 190 g/mol. The minimum absolute atomic E-state index is 0.230. The lowest BCUT2D eigenvalue weighted by Gasteiger charge is -2.38. The molecule has 2 fully saturated rings. The standard InChI is InChI=1S/C11H21N3O/c1-9(14-6-4-12-5-7-14)10-2-3-13-11(15)8-10/h9-10,12H,2-8H2,1H3,(H,13,15). The van der Waals surface area contributed by atoms with Gasteiger partial charge in [-0.25, -0.2) is 0 Å². The molecular formula is C11H21N3O. The Kier molecular flexibility index (Phi) is 3.59. The van der Waals surface area contributed by atoms with Crippen LogP contribution in [0.3, 0.4) is 0 Å². The van der Waals surface area contributed by atoms with Crippen LogP contribution in [0.25, 0.3) is 0 Å². The molecule has 0 aromatic heterocycles. The van der Waals surface area contributed by atoms with Gasteiger partial charge in [-0.05, 0) is 19.3 Å². The molecule has 0 saturated carbocycles. The lowest BCUT2D eigenvalue weighted by atomic mass is 9.89. The monoisotopic (exact) mass is 211 g/mol. The fourth-order valence-electron chi connectivity index (χ4n) is 2.61.